The summed E-state index contributed by atoms with van der Waals surface area (Å²) < 4.78 is 0. The topological polar surface area (TPSA) is 43.1 Å². The van der Waals surface area contributed by atoms with Crippen LogP contribution < -0.4 is 0 Å². The van der Waals surface area contributed by atoms with Crippen LogP contribution in [0.3, 0.4) is 0 Å². The predicted molar refractivity (Wildman–Crippen MR) is 54.4 cm³/mol. The van der Waals surface area contributed by atoms with E-state index in [4.69, 9.17) is 11.6 Å². The molecule has 0 unspecified atom stereocenters. The standard InChI is InChI=1S/C10H5ClNO2/c11-9-5-7-3-1-2-4-8(7)6-10(9)12(13)14/h1,3-6H. The molecular formula is C10H5ClNO2. The Hall–Kier alpha value is -1.61. The van der Waals surface area contributed by atoms with Gasteiger partial charge in [-0.3, -0.25) is 10.1 Å². The first-order valence-corrected chi connectivity index (χ1v) is 4.30. The van der Waals surface area contributed by atoms with Gasteiger partial charge in [0.1, 0.15) is 5.02 Å². The van der Waals surface area contributed by atoms with Crippen LogP contribution in [-0.4, -0.2) is 4.92 Å². The summed E-state index contributed by atoms with van der Waals surface area (Å²) in [7, 11) is 0. The Kier molecular flexibility index (Phi) is 2.09. The Morgan fingerprint density at radius 3 is 2.86 bits per heavy atom. The minimum absolute atomic E-state index is 0.0706. The number of nitrogens with zero attached hydrogens (tertiary/aromatic N) is 1. The molecule has 0 bridgehead atoms. The smallest absolute Gasteiger partial charge is 0.258 e. The van der Waals surface area contributed by atoms with Crippen molar-refractivity contribution < 1.29 is 4.92 Å². The molecule has 69 valence electrons. The van der Waals surface area contributed by atoms with Crippen LogP contribution in [-0.2, 0) is 0 Å². The first-order chi connectivity index (χ1) is 6.68. The summed E-state index contributed by atoms with van der Waals surface area (Å²) >= 11 is 5.75. The highest BCUT2D eigenvalue weighted by atomic mass is 35.5. The monoisotopic (exact) mass is 206 g/mol. The van der Waals surface area contributed by atoms with Gasteiger partial charge in [0.2, 0.25) is 0 Å². The van der Waals surface area contributed by atoms with E-state index in [9.17, 15) is 10.1 Å². The maximum Gasteiger partial charge on any atom is 0.288 e. The van der Waals surface area contributed by atoms with Crippen molar-refractivity contribution in [1.29, 1.82) is 0 Å². The van der Waals surface area contributed by atoms with E-state index in [1.165, 1.54) is 6.07 Å². The lowest BCUT2D eigenvalue weighted by Gasteiger charge is -1.98. The number of halogens is 1. The zero-order chi connectivity index (χ0) is 10.1. The van der Waals surface area contributed by atoms with E-state index in [-0.39, 0.29) is 10.7 Å². The lowest BCUT2D eigenvalue weighted by atomic mass is 10.1. The van der Waals surface area contributed by atoms with Crippen LogP contribution in [0.15, 0.2) is 30.3 Å². The van der Waals surface area contributed by atoms with Crippen LogP contribution >= 0.6 is 11.6 Å². The van der Waals surface area contributed by atoms with Gasteiger partial charge in [0.25, 0.3) is 5.69 Å². The Balaban J connectivity index is 2.77. The van der Waals surface area contributed by atoms with Crippen molar-refractivity contribution in [2.75, 3.05) is 0 Å². The van der Waals surface area contributed by atoms with E-state index >= 15 is 0 Å². The van der Waals surface area contributed by atoms with Crippen LogP contribution in [0.1, 0.15) is 0 Å². The van der Waals surface area contributed by atoms with Gasteiger partial charge >= 0.3 is 0 Å². The van der Waals surface area contributed by atoms with Crippen LogP contribution in [0.2, 0.25) is 5.02 Å². The number of nitro groups is 1. The molecule has 0 N–H and O–H groups in total. The maximum absolute atomic E-state index is 10.6. The molecule has 0 fully saturated rings. The molecule has 0 atom stereocenters. The number of rotatable bonds is 1. The molecule has 0 amide bonds. The second-order valence-corrected chi connectivity index (χ2v) is 3.24. The third kappa shape index (κ3) is 1.42. The van der Waals surface area contributed by atoms with E-state index in [1.807, 2.05) is 6.07 Å². The molecule has 2 rings (SSSR count). The molecule has 1 radical (unpaired) electrons. The normalized spacial score (nSPS) is 10.4. The minimum atomic E-state index is -0.491. The summed E-state index contributed by atoms with van der Waals surface area (Å²) in [6, 6.07) is 11.1. The summed E-state index contributed by atoms with van der Waals surface area (Å²) in [5.74, 6) is 0. The van der Waals surface area contributed by atoms with Gasteiger partial charge in [-0.15, -0.1) is 0 Å². The van der Waals surface area contributed by atoms with Crippen molar-refractivity contribution in [3.8, 4) is 0 Å². The molecule has 2 aromatic rings. The number of benzene rings is 2. The minimum Gasteiger partial charge on any atom is -0.258 e. The first-order valence-electron chi connectivity index (χ1n) is 3.92. The third-order valence-electron chi connectivity index (χ3n) is 1.95. The summed E-state index contributed by atoms with van der Waals surface area (Å²) in [5, 5.41) is 12.4. The molecule has 0 saturated carbocycles. The number of hydrogen-bond acceptors (Lipinski definition) is 2. The van der Waals surface area contributed by atoms with E-state index in [0.717, 1.165) is 10.8 Å². The van der Waals surface area contributed by atoms with Crippen LogP contribution in [0, 0.1) is 16.2 Å². The van der Waals surface area contributed by atoms with Crippen LogP contribution in [0.4, 0.5) is 5.69 Å². The second-order valence-electron chi connectivity index (χ2n) is 2.83. The molecule has 0 saturated heterocycles. The van der Waals surface area contributed by atoms with E-state index in [1.54, 1.807) is 18.2 Å². The van der Waals surface area contributed by atoms with Gasteiger partial charge < -0.3 is 0 Å². The average Bonchev–Trinajstić information content (AvgIpc) is 2.16. The summed E-state index contributed by atoms with van der Waals surface area (Å²) in [4.78, 5) is 10.1. The molecule has 0 heterocycles. The fourth-order valence-corrected chi connectivity index (χ4v) is 1.52. The van der Waals surface area contributed by atoms with Crippen molar-refractivity contribution in [2.45, 2.75) is 0 Å². The average molecular weight is 207 g/mol. The lowest BCUT2D eigenvalue weighted by molar-refractivity contribution is -0.384. The SMILES string of the molecule is O=[N+]([O-])c1cc2c[c]ccc2cc1Cl. The lowest BCUT2D eigenvalue weighted by Crippen LogP contribution is -1.88. The van der Waals surface area contributed by atoms with Gasteiger partial charge in [-0.1, -0.05) is 23.7 Å². The Morgan fingerprint density at radius 1 is 1.36 bits per heavy atom. The largest absolute Gasteiger partial charge is 0.288 e. The fraction of sp³-hybridized carbons (Fsp3) is 0. The predicted octanol–water partition coefficient (Wildman–Crippen LogP) is 3.20. The zero-order valence-electron chi connectivity index (χ0n) is 7.03. The molecule has 0 spiro atoms. The first kappa shape index (κ1) is 8.97. The van der Waals surface area contributed by atoms with E-state index in [2.05, 4.69) is 6.07 Å². The highest BCUT2D eigenvalue weighted by Gasteiger charge is 2.12. The van der Waals surface area contributed by atoms with E-state index in [0.29, 0.717) is 0 Å². The summed E-state index contributed by atoms with van der Waals surface area (Å²) in [5.41, 5.74) is -0.0706. The highest BCUT2D eigenvalue weighted by Crippen LogP contribution is 2.29. The fourth-order valence-electron chi connectivity index (χ4n) is 1.28. The maximum atomic E-state index is 10.6. The van der Waals surface area contributed by atoms with Gasteiger partial charge in [-0.05, 0) is 29.0 Å². The molecule has 2 aromatic carbocycles. The van der Waals surface area contributed by atoms with Gasteiger partial charge in [0.05, 0.1) is 4.92 Å². The van der Waals surface area contributed by atoms with Gasteiger partial charge in [-0.25, -0.2) is 0 Å². The molecular weight excluding hydrogens is 202 g/mol. The van der Waals surface area contributed by atoms with Crippen molar-refractivity contribution >= 4 is 28.1 Å². The van der Waals surface area contributed by atoms with Gasteiger partial charge in [0.15, 0.2) is 0 Å². The second kappa shape index (κ2) is 3.27. The molecule has 3 nitrogen and oxygen atoms in total. The van der Waals surface area contributed by atoms with Gasteiger partial charge in [-0.2, -0.15) is 0 Å². The molecule has 4 heteroatoms. The highest BCUT2D eigenvalue weighted by molar-refractivity contribution is 6.33. The number of hydrogen-bond donors (Lipinski definition) is 0. The molecule has 0 aliphatic rings. The third-order valence-corrected chi connectivity index (χ3v) is 2.25. The Bertz CT molecular complexity index is 510. The van der Waals surface area contributed by atoms with Crippen molar-refractivity contribution in [3.63, 3.8) is 0 Å². The van der Waals surface area contributed by atoms with Crippen molar-refractivity contribution in [3.05, 3.63) is 51.5 Å². The molecule has 0 aliphatic heterocycles. The summed E-state index contributed by atoms with van der Waals surface area (Å²) in [6.45, 7) is 0. The Labute approximate surface area is 85.1 Å². The van der Waals surface area contributed by atoms with Crippen molar-refractivity contribution in [1.82, 2.24) is 0 Å². The zero-order valence-corrected chi connectivity index (χ0v) is 7.78. The molecule has 0 aliphatic carbocycles. The molecule has 0 aromatic heterocycles. The van der Waals surface area contributed by atoms with Crippen molar-refractivity contribution in [2.24, 2.45) is 0 Å². The quantitative estimate of drug-likeness (QED) is 0.531. The van der Waals surface area contributed by atoms with E-state index < -0.39 is 4.92 Å². The van der Waals surface area contributed by atoms with Gasteiger partial charge in [0, 0.05) is 6.07 Å². The number of fused-ring (bicyclic) bond motifs is 1. The number of nitro benzene ring substituents is 1. The van der Waals surface area contributed by atoms with Crippen LogP contribution in [0.5, 0.6) is 0 Å². The molecule has 14 heavy (non-hydrogen) atoms. The summed E-state index contributed by atoms with van der Waals surface area (Å²) in [6.07, 6.45) is 0. The van der Waals surface area contributed by atoms with Crippen LogP contribution in [0.25, 0.3) is 10.8 Å². The Morgan fingerprint density at radius 2 is 2.14 bits per heavy atom.